The highest BCUT2D eigenvalue weighted by atomic mass is 16.6. The second-order valence-corrected chi connectivity index (χ2v) is 4.82. The standard InChI is InChI=1S/C16H18N2O3/c1-12-7-8-16(14(9-12)10-17-2)21-11-13-5-3-4-6-15(13)18(19)20/h3-9,17H,10-11H2,1-2H3. The molecule has 0 saturated carbocycles. The lowest BCUT2D eigenvalue weighted by atomic mass is 10.1. The van der Waals surface area contributed by atoms with Crippen molar-refractivity contribution in [3.8, 4) is 5.75 Å². The maximum Gasteiger partial charge on any atom is 0.276 e. The van der Waals surface area contributed by atoms with Gasteiger partial charge in [-0.05, 0) is 26.1 Å². The van der Waals surface area contributed by atoms with Crippen molar-refractivity contribution in [1.82, 2.24) is 5.32 Å². The molecule has 5 heteroatoms. The van der Waals surface area contributed by atoms with Crippen molar-refractivity contribution in [1.29, 1.82) is 0 Å². The average molecular weight is 286 g/mol. The quantitative estimate of drug-likeness (QED) is 0.654. The van der Waals surface area contributed by atoms with Gasteiger partial charge in [0.05, 0.1) is 10.5 Å². The molecule has 1 N–H and O–H groups in total. The molecule has 0 fully saturated rings. The molecule has 0 bridgehead atoms. The molecule has 0 aromatic heterocycles. The molecule has 0 spiro atoms. The van der Waals surface area contributed by atoms with Crippen molar-refractivity contribution in [2.24, 2.45) is 0 Å². The molecule has 2 rings (SSSR count). The topological polar surface area (TPSA) is 64.4 Å². The summed E-state index contributed by atoms with van der Waals surface area (Å²) in [6.45, 7) is 2.88. The van der Waals surface area contributed by atoms with Crippen molar-refractivity contribution in [3.05, 3.63) is 69.3 Å². The van der Waals surface area contributed by atoms with E-state index in [-0.39, 0.29) is 17.2 Å². The van der Waals surface area contributed by atoms with Gasteiger partial charge < -0.3 is 10.1 Å². The zero-order valence-corrected chi connectivity index (χ0v) is 12.1. The van der Waals surface area contributed by atoms with Crippen molar-refractivity contribution >= 4 is 5.69 Å². The van der Waals surface area contributed by atoms with Crippen molar-refractivity contribution in [2.75, 3.05) is 7.05 Å². The van der Waals surface area contributed by atoms with Gasteiger partial charge in [-0.15, -0.1) is 0 Å². The third kappa shape index (κ3) is 3.79. The fraction of sp³-hybridized carbons (Fsp3) is 0.250. The number of ether oxygens (including phenoxy) is 1. The summed E-state index contributed by atoms with van der Waals surface area (Å²) >= 11 is 0. The predicted molar refractivity (Wildman–Crippen MR) is 81.4 cm³/mol. The highest BCUT2D eigenvalue weighted by Gasteiger charge is 2.13. The molecule has 0 radical (unpaired) electrons. The average Bonchev–Trinajstić information content (AvgIpc) is 2.47. The molecule has 5 nitrogen and oxygen atoms in total. The van der Waals surface area contributed by atoms with Crippen molar-refractivity contribution < 1.29 is 9.66 Å². The van der Waals surface area contributed by atoms with Gasteiger partial charge in [-0.25, -0.2) is 0 Å². The van der Waals surface area contributed by atoms with E-state index in [1.54, 1.807) is 18.2 Å². The van der Waals surface area contributed by atoms with Gasteiger partial charge in [-0.3, -0.25) is 10.1 Å². The number of hydrogen-bond donors (Lipinski definition) is 1. The molecule has 0 aliphatic rings. The van der Waals surface area contributed by atoms with E-state index in [4.69, 9.17) is 4.74 Å². The summed E-state index contributed by atoms with van der Waals surface area (Å²) in [6, 6.07) is 12.5. The lowest BCUT2D eigenvalue weighted by Gasteiger charge is -2.12. The summed E-state index contributed by atoms with van der Waals surface area (Å²) in [5.74, 6) is 0.744. The van der Waals surface area contributed by atoms with Crippen LogP contribution in [0.1, 0.15) is 16.7 Å². The number of nitro groups is 1. The lowest BCUT2D eigenvalue weighted by Crippen LogP contribution is -2.08. The van der Waals surface area contributed by atoms with Gasteiger partial charge in [0, 0.05) is 18.2 Å². The summed E-state index contributed by atoms with van der Waals surface area (Å²) in [7, 11) is 1.87. The minimum Gasteiger partial charge on any atom is -0.488 e. The van der Waals surface area contributed by atoms with Crippen LogP contribution in [0.25, 0.3) is 0 Å². The molecule has 0 amide bonds. The van der Waals surface area contributed by atoms with Crippen LogP contribution >= 0.6 is 0 Å². The molecule has 21 heavy (non-hydrogen) atoms. The zero-order chi connectivity index (χ0) is 15.2. The number of benzene rings is 2. The predicted octanol–water partition coefficient (Wildman–Crippen LogP) is 3.20. The molecule has 110 valence electrons. The molecule has 0 unspecified atom stereocenters. The van der Waals surface area contributed by atoms with E-state index in [9.17, 15) is 10.1 Å². The molecular weight excluding hydrogens is 268 g/mol. The van der Waals surface area contributed by atoms with E-state index in [0.29, 0.717) is 12.1 Å². The number of nitrogens with zero attached hydrogens (tertiary/aromatic N) is 1. The molecule has 0 saturated heterocycles. The number of nitro benzene ring substituents is 1. The highest BCUT2D eigenvalue weighted by molar-refractivity contribution is 5.41. The minimum atomic E-state index is -0.387. The third-order valence-corrected chi connectivity index (χ3v) is 3.15. The largest absolute Gasteiger partial charge is 0.488 e. The Morgan fingerprint density at radius 3 is 2.67 bits per heavy atom. The summed E-state index contributed by atoms with van der Waals surface area (Å²) < 4.78 is 5.78. The first-order valence-electron chi connectivity index (χ1n) is 6.71. The monoisotopic (exact) mass is 286 g/mol. The van der Waals surface area contributed by atoms with Crippen LogP contribution in [0, 0.1) is 17.0 Å². The van der Waals surface area contributed by atoms with Gasteiger partial charge in [0.1, 0.15) is 12.4 Å². The number of hydrogen-bond acceptors (Lipinski definition) is 4. The lowest BCUT2D eigenvalue weighted by molar-refractivity contribution is -0.385. The Kier molecular flexibility index (Phi) is 4.90. The third-order valence-electron chi connectivity index (χ3n) is 3.15. The van der Waals surface area contributed by atoms with Crippen LogP contribution in [0.3, 0.4) is 0 Å². The fourth-order valence-electron chi connectivity index (χ4n) is 2.14. The molecule has 0 aliphatic carbocycles. The van der Waals surface area contributed by atoms with Crippen LogP contribution in [0.5, 0.6) is 5.75 Å². The molecule has 2 aromatic rings. The number of aryl methyl sites for hydroxylation is 1. The van der Waals surface area contributed by atoms with Crippen LogP contribution in [0.2, 0.25) is 0 Å². The van der Waals surface area contributed by atoms with Gasteiger partial charge in [-0.2, -0.15) is 0 Å². The van der Waals surface area contributed by atoms with Gasteiger partial charge in [0.15, 0.2) is 0 Å². The Bertz CT molecular complexity index is 641. The summed E-state index contributed by atoms with van der Waals surface area (Å²) in [5, 5.41) is 14.1. The molecule has 0 atom stereocenters. The van der Waals surface area contributed by atoms with Crippen molar-refractivity contribution in [3.63, 3.8) is 0 Å². The Labute approximate surface area is 123 Å². The number of para-hydroxylation sites is 1. The maximum atomic E-state index is 11.0. The first-order chi connectivity index (χ1) is 10.1. The first kappa shape index (κ1) is 15.0. The minimum absolute atomic E-state index is 0.0831. The van der Waals surface area contributed by atoms with Crippen LogP contribution < -0.4 is 10.1 Å². The van der Waals surface area contributed by atoms with E-state index in [2.05, 4.69) is 5.32 Å². The fourth-order valence-corrected chi connectivity index (χ4v) is 2.14. The van der Waals surface area contributed by atoms with E-state index < -0.39 is 0 Å². The maximum absolute atomic E-state index is 11.0. The van der Waals surface area contributed by atoms with Gasteiger partial charge >= 0.3 is 0 Å². The van der Waals surface area contributed by atoms with Crippen LogP contribution in [0.4, 0.5) is 5.69 Å². The Hall–Kier alpha value is -2.40. The first-order valence-corrected chi connectivity index (χ1v) is 6.71. The Balaban J connectivity index is 2.19. The normalized spacial score (nSPS) is 10.4. The second-order valence-electron chi connectivity index (χ2n) is 4.82. The molecule has 0 heterocycles. The summed E-state index contributed by atoms with van der Waals surface area (Å²) in [5.41, 5.74) is 2.84. The molecule has 2 aromatic carbocycles. The smallest absolute Gasteiger partial charge is 0.276 e. The van der Waals surface area contributed by atoms with Gasteiger partial charge in [0.25, 0.3) is 5.69 Å². The van der Waals surface area contributed by atoms with E-state index >= 15 is 0 Å². The molecule has 0 aliphatic heterocycles. The van der Waals surface area contributed by atoms with Gasteiger partial charge in [-0.1, -0.05) is 29.8 Å². The summed E-state index contributed by atoms with van der Waals surface area (Å²) in [4.78, 5) is 10.6. The zero-order valence-electron chi connectivity index (χ0n) is 12.1. The Morgan fingerprint density at radius 2 is 1.95 bits per heavy atom. The van der Waals surface area contributed by atoms with Crippen LogP contribution in [-0.2, 0) is 13.2 Å². The SMILES string of the molecule is CNCc1cc(C)ccc1OCc1ccccc1[N+](=O)[O-]. The number of rotatable bonds is 6. The van der Waals surface area contributed by atoms with Gasteiger partial charge in [0.2, 0.25) is 0 Å². The van der Waals surface area contributed by atoms with Crippen LogP contribution in [-0.4, -0.2) is 12.0 Å². The van der Waals surface area contributed by atoms with Crippen molar-refractivity contribution in [2.45, 2.75) is 20.1 Å². The highest BCUT2D eigenvalue weighted by Crippen LogP contribution is 2.24. The second kappa shape index (κ2) is 6.85. The van der Waals surface area contributed by atoms with E-state index in [0.717, 1.165) is 16.9 Å². The van der Waals surface area contributed by atoms with E-state index in [1.807, 2.05) is 32.2 Å². The number of nitrogens with one attached hydrogen (secondary N) is 1. The van der Waals surface area contributed by atoms with Crippen LogP contribution in [0.15, 0.2) is 42.5 Å². The molecular formula is C16H18N2O3. The Morgan fingerprint density at radius 1 is 1.19 bits per heavy atom. The summed E-state index contributed by atoms with van der Waals surface area (Å²) in [6.07, 6.45) is 0. The van der Waals surface area contributed by atoms with E-state index in [1.165, 1.54) is 6.07 Å².